The fraction of sp³-hybridized carbons (Fsp3) is 0.667. The van der Waals surface area contributed by atoms with Gasteiger partial charge in [0.05, 0.1) is 0 Å². The Morgan fingerprint density at radius 1 is 1.56 bits per heavy atom. The van der Waals surface area contributed by atoms with E-state index in [1.165, 1.54) is 25.6 Å². The molecule has 1 heterocycles. The first-order valence-corrected chi connectivity index (χ1v) is 3.23. The zero-order valence-electron chi connectivity index (χ0n) is 5.08. The van der Waals surface area contributed by atoms with E-state index in [1.54, 1.807) is 0 Å². The first kappa shape index (κ1) is 4.97. The predicted octanol–water partition coefficient (Wildman–Crippen LogP) is 1.34. The number of nitrogens with zero attached hydrogens (tertiary/aromatic N) is 2. The fourth-order valence-electron chi connectivity index (χ4n) is 1.02. The van der Waals surface area contributed by atoms with Crippen LogP contribution in [0, 0.1) is 0 Å². The smallest absolute Gasteiger partial charge is 0.229 e. The Balaban J connectivity index is 2.14. The lowest BCUT2D eigenvalue weighted by atomic mass is 9.85. The molecule has 3 heteroatoms. The van der Waals surface area contributed by atoms with Gasteiger partial charge in [0.2, 0.25) is 5.89 Å². The van der Waals surface area contributed by atoms with Crippen molar-refractivity contribution in [2.45, 2.75) is 25.2 Å². The number of aromatic nitrogens is 2. The Morgan fingerprint density at radius 2 is 2.44 bits per heavy atom. The quantitative estimate of drug-likeness (QED) is 0.567. The first-order chi connectivity index (χ1) is 4.47. The van der Waals surface area contributed by atoms with Crippen LogP contribution in [0.25, 0.3) is 0 Å². The molecule has 0 atom stereocenters. The van der Waals surface area contributed by atoms with Crippen LogP contribution in [0.2, 0.25) is 0 Å². The van der Waals surface area contributed by atoms with Crippen molar-refractivity contribution in [1.82, 2.24) is 10.1 Å². The van der Waals surface area contributed by atoms with Gasteiger partial charge >= 0.3 is 0 Å². The van der Waals surface area contributed by atoms with E-state index in [1.807, 2.05) is 0 Å². The maximum absolute atomic E-state index is 4.88. The van der Waals surface area contributed by atoms with Gasteiger partial charge in [-0.25, -0.2) is 0 Å². The molecule has 1 aliphatic carbocycles. The summed E-state index contributed by atoms with van der Waals surface area (Å²) in [6, 6.07) is 0. The van der Waals surface area contributed by atoms with Crippen molar-refractivity contribution in [3.05, 3.63) is 12.2 Å². The first-order valence-electron chi connectivity index (χ1n) is 3.23. The molecule has 1 saturated carbocycles. The average Bonchev–Trinajstić information content (AvgIpc) is 2.11. The third-order valence-corrected chi connectivity index (χ3v) is 1.83. The minimum absolute atomic E-state index is 0.576. The Bertz CT molecular complexity index is 179. The second-order valence-corrected chi connectivity index (χ2v) is 2.41. The SMILES string of the molecule is c1noc(C2CCC2)n1. The molecule has 0 unspecified atom stereocenters. The average molecular weight is 124 g/mol. The van der Waals surface area contributed by atoms with Crippen LogP contribution in [0.1, 0.15) is 31.1 Å². The van der Waals surface area contributed by atoms with Crippen LogP contribution in [0.4, 0.5) is 0 Å². The highest BCUT2D eigenvalue weighted by Gasteiger charge is 2.23. The number of rotatable bonds is 1. The van der Waals surface area contributed by atoms with Crippen molar-refractivity contribution < 1.29 is 4.52 Å². The summed E-state index contributed by atoms with van der Waals surface area (Å²) in [7, 11) is 0. The summed E-state index contributed by atoms with van der Waals surface area (Å²) in [6.07, 6.45) is 5.23. The molecule has 1 aliphatic rings. The molecular weight excluding hydrogens is 116 g/mol. The molecule has 1 fully saturated rings. The highest BCUT2D eigenvalue weighted by molar-refractivity contribution is 4.93. The summed E-state index contributed by atoms with van der Waals surface area (Å²) in [5.41, 5.74) is 0. The van der Waals surface area contributed by atoms with Gasteiger partial charge in [-0.05, 0) is 12.8 Å². The van der Waals surface area contributed by atoms with Crippen molar-refractivity contribution in [1.29, 1.82) is 0 Å². The third-order valence-electron chi connectivity index (χ3n) is 1.83. The van der Waals surface area contributed by atoms with Crippen LogP contribution in [-0.4, -0.2) is 10.1 Å². The summed E-state index contributed by atoms with van der Waals surface area (Å²) in [4.78, 5) is 3.96. The lowest BCUT2D eigenvalue weighted by Gasteiger charge is -2.20. The minimum Gasteiger partial charge on any atom is -0.339 e. The molecule has 0 saturated heterocycles. The summed E-state index contributed by atoms with van der Waals surface area (Å²) in [5.74, 6) is 1.40. The monoisotopic (exact) mass is 124 g/mol. The fourth-order valence-corrected chi connectivity index (χ4v) is 1.02. The molecule has 0 bridgehead atoms. The van der Waals surface area contributed by atoms with E-state index in [9.17, 15) is 0 Å². The summed E-state index contributed by atoms with van der Waals surface area (Å²) in [6.45, 7) is 0. The van der Waals surface area contributed by atoms with E-state index < -0.39 is 0 Å². The number of hydrogen-bond acceptors (Lipinski definition) is 3. The molecule has 48 valence electrons. The molecule has 9 heavy (non-hydrogen) atoms. The largest absolute Gasteiger partial charge is 0.339 e. The third kappa shape index (κ3) is 0.724. The standard InChI is InChI=1S/C6H8N2O/c1-2-5(3-1)6-7-4-8-9-6/h4-5H,1-3H2. The van der Waals surface area contributed by atoms with Crippen LogP contribution >= 0.6 is 0 Å². The molecule has 1 aromatic heterocycles. The van der Waals surface area contributed by atoms with Crippen LogP contribution in [0.5, 0.6) is 0 Å². The maximum atomic E-state index is 4.88. The van der Waals surface area contributed by atoms with Gasteiger partial charge in [0.25, 0.3) is 0 Å². The highest BCUT2D eigenvalue weighted by Crippen LogP contribution is 2.34. The molecule has 0 spiro atoms. The Kier molecular flexibility index (Phi) is 1.01. The van der Waals surface area contributed by atoms with Gasteiger partial charge in [0.15, 0.2) is 6.33 Å². The molecular formula is C6H8N2O. The normalized spacial score (nSPS) is 19.6. The van der Waals surface area contributed by atoms with Gasteiger partial charge in [-0.2, -0.15) is 4.98 Å². The van der Waals surface area contributed by atoms with Crippen LogP contribution < -0.4 is 0 Å². The van der Waals surface area contributed by atoms with Crippen LogP contribution in [-0.2, 0) is 0 Å². The van der Waals surface area contributed by atoms with E-state index in [4.69, 9.17) is 4.52 Å². The molecule has 0 amide bonds. The Morgan fingerprint density at radius 3 is 2.89 bits per heavy atom. The van der Waals surface area contributed by atoms with Gasteiger partial charge < -0.3 is 4.52 Å². The Labute approximate surface area is 53.1 Å². The molecule has 0 radical (unpaired) electrons. The topological polar surface area (TPSA) is 38.9 Å². The molecule has 0 aliphatic heterocycles. The van der Waals surface area contributed by atoms with E-state index in [-0.39, 0.29) is 0 Å². The summed E-state index contributed by atoms with van der Waals surface area (Å²) >= 11 is 0. The molecule has 0 N–H and O–H groups in total. The summed E-state index contributed by atoms with van der Waals surface area (Å²) < 4.78 is 4.88. The van der Waals surface area contributed by atoms with Gasteiger partial charge in [-0.1, -0.05) is 11.6 Å². The van der Waals surface area contributed by atoms with Crippen molar-refractivity contribution in [3.8, 4) is 0 Å². The second-order valence-electron chi connectivity index (χ2n) is 2.41. The highest BCUT2D eigenvalue weighted by atomic mass is 16.5. The molecule has 2 rings (SSSR count). The number of hydrogen-bond donors (Lipinski definition) is 0. The molecule has 1 aromatic rings. The molecule has 0 aromatic carbocycles. The molecule has 3 nitrogen and oxygen atoms in total. The lowest BCUT2D eigenvalue weighted by Crippen LogP contribution is -2.08. The van der Waals surface area contributed by atoms with Crippen LogP contribution in [0.3, 0.4) is 0 Å². The predicted molar refractivity (Wildman–Crippen MR) is 30.9 cm³/mol. The van der Waals surface area contributed by atoms with Gasteiger partial charge in [-0.15, -0.1) is 0 Å². The van der Waals surface area contributed by atoms with Crippen molar-refractivity contribution >= 4 is 0 Å². The zero-order valence-corrected chi connectivity index (χ0v) is 5.08. The van der Waals surface area contributed by atoms with E-state index in [0.29, 0.717) is 5.92 Å². The van der Waals surface area contributed by atoms with Gasteiger partial charge in [0, 0.05) is 5.92 Å². The van der Waals surface area contributed by atoms with Crippen LogP contribution in [0.15, 0.2) is 10.9 Å². The van der Waals surface area contributed by atoms with Crippen molar-refractivity contribution in [2.75, 3.05) is 0 Å². The van der Waals surface area contributed by atoms with E-state index in [2.05, 4.69) is 10.1 Å². The van der Waals surface area contributed by atoms with E-state index >= 15 is 0 Å². The Hall–Kier alpha value is -0.860. The lowest BCUT2D eigenvalue weighted by molar-refractivity contribution is 0.292. The van der Waals surface area contributed by atoms with Gasteiger partial charge in [-0.3, -0.25) is 0 Å². The minimum atomic E-state index is 0.576. The second kappa shape index (κ2) is 1.83. The van der Waals surface area contributed by atoms with Crippen molar-refractivity contribution in [2.24, 2.45) is 0 Å². The van der Waals surface area contributed by atoms with Gasteiger partial charge in [0.1, 0.15) is 0 Å². The van der Waals surface area contributed by atoms with E-state index in [0.717, 1.165) is 5.89 Å². The maximum Gasteiger partial charge on any atom is 0.229 e. The summed E-state index contributed by atoms with van der Waals surface area (Å²) in [5, 5.41) is 3.54. The van der Waals surface area contributed by atoms with Crippen molar-refractivity contribution in [3.63, 3.8) is 0 Å². The zero-order chi connectivity index (χ0) is 6.10.